The molecule has 0 saturated carbocycles. The molecule has 0 aromatic rings. The fourth-order valence-corrected chi connectivity index (χ4v) is 2.16. The van der Waals surface area contributed by atoms with Crippen molar-refractivity contribution in [2.45, 2.75) is 62.0 Å². The zero-order valence-electron chi connectivity index (χ0n) is 13.0. The minimum absolute atomic E-state index is 0.0588. The molecule has 10 nitrogen and oxygen atoms in total. The second-order valence-corrected chi connectivity index (χ2v) is 5.59. The zero-order chi connectivity index (χ0) is 17.7. The van der Waals surface area contributed by atoms with Gasteiger partial charge in [0.25, 0.3) is 0 Å². The first-order chi connectivity index (χ1) is 10.7. The summed E-state index contributed by atoms with van der Waals surface area (Å²) in [6.45, 7) is 0.633. The standard InChI is InChI=1S/C13H26O10/c1-5(14)8(16)9(17)6(15)3-22-13-12(20)11(19)10(18)7(23-13)4-21-2/h5-20H,3-4H2,1-2H3/t5-,6?,7?,8?,9-,10-,11?,12?,13+/m1/s1. The number of methoxy groups -OCH3 is 1. The maximum Gasteiger partial charge on any atom is 0.186 e. The fourth-order valence-electron chi connectivity index (χ4n) is 2.16. The van der Waals surface area contributed by atoms with Crippen molar-refractivity contribution in [3.8, 4) is 0 Å². The molecule has 138 valence electrons. The minimum atomic E-state index is -1.68. The van der Waals surface area contributed by atoms with Gasteiger partial charge in [-0.3, -0.25) is 0 Å². The Balaban J connectivity index is 2.58. The van der Waals surface area contributed by atoms with Crippen molar-refractivity contribution in [3.63, 3.8) is 0 Å². The van der Waals surface area contributed by atoms with Crippen LogP contribution < -0.4 is 0 Å². The second kappa shape index (κ2) is 9.18. The largest absolute Gasteiger partial charge is 0.391 e. The van der Waals surface area contributed by atoms with Gasteiger partial charge in [0.05, 0.1) is 19.3 Å². The lowest BCUT2D eigenvalue weighted by Gasteiger charge is -2.40. The van der Waals surface area contributed by atoms with Gasteiger partial charge in [-0.1, -0.05) is 0 Å². The number of rotatable bonds is 8. The average molecular weight is 342 g/mol. The molecule has 1 heterocycles. The Morgan fingerprint density at radius 2 is 1.57 bits per heavy atom. The molecule has 0 amide bonds. The lowest BCUT2D eigenvalue weighted by atomic mass is 9.99. The molecule has 1 rings (SSSR count). The van der Waals surface area contributed by atoms with Crippen LogP contribution in [0.3, 0.4) is 0 Å². The van der Waals surface area contributed by atoms with Crippen molar-refractivity contribution in [3.05, 3.63) is 0 Å². The molecule has 0 spiro atoms. The van der Waals surface area contributed by atoms with Crippen molar-refractivity contribution in [1.82, 2.24) is 0 Å². The third kappa shape index (κ3) is 5.29. The van der Waals surface area contributed by atoms with E-state index < -0.39 is 61.7 Å². The van der Waals surface area contributed by atoms with E-state index in [2.05, 4.69) is 0 Å². The van der Waals surface area contributed by atoms with E-state index in [1.165, 1.54) is 14.0 Å². The molecule has 0 bridgehead atoms. The first-order valence-corrected chi connectivity index (χ1v) is 7.23. The van der Waals surface area contributed by atoms with Crippen molar-refractivity contribution in [2.24, 2.45) is 0 Å². The highest BCUT2D eigenvalue weighted by Gasteiger charge is 2.44. The molecule has 0 aromatic carbocycles. The molecule has 1 aliphatic rings. The van der Waals surface area contributed by atoms with Crippen LogP contribution in [0.15, 0.2) is 0 Å². The zero-order valence-corrected chi connectivity index (χ0v) is 13.0. The van der Waals surface area contributed by atoms with Gasteiger partial charge in [-0.15, -0.1) is 0 Å². The Bertz CT molecular complexity index is 341. The smallest absolute Gasteiger partial charge is 0.186 e. The summed E-state index contributed by atoms with van der Waals surface area (Å²) >= 11 is 0. The quantitative estimate of drug-likeness (QED) is 0.230. The lowest BCUT2D eigenvalue weighted by molar-refractivity contribution is -0.307. The molecule has 0 radical (unpaired) electrons. The molecule has 1 saturated heterocycles. The monoisotopic (exact) mass is 342 g/mol. The van der Waals surface area contributed by atoms with E-state index in [-0.39, 0.29) is 6.61 Å². The Kier molecular flexibility index (Phi) is 8.24. The number of ether oxygens (including phenoxy) is 3. The molecule has 5 unspecified atom stereocenters. The molecule has 1 aliphatic heterocycles. The first kappa shape index (κ1) is 20.6. The van der Waals surface area contributed by atoms with Gasteiger partial charge in [0.15, 0.2) is 6.29 Å². The summed E-state index contributed by atoms with van der Waals surface area (Å²) in [6, 6.07) is 0. The predicted molar refractivity (Wildman–Crippen MR) is 74.2 cm³/mol. The maximum atomic E-state index is 9.81. The van der Waals surface area contributed by atoms with Crippen molar-refractivity contribution in [2.75, 3.05) is 20.3 Å². The Hall–Kier alpha value is -0.400. The van der Waals surface area contributed by atoms with E-state index in [4.69, 9.17) is 19.3 Å². The van der Waals surface area contributed by atoms with Gasteiger partial charge in [-0.05, 0) is 6.92 Å². The summed E-state index contributed by atoms with van der Waals surface area (Å²) in [5.74, 6) is 0. The minimum Gasteiger partial charge on any atom is -0.391 e. The molecular formula is C13H26O10. The van der Waals surface area contributed by atoms with Gasteiger partial charge in [-0.25, -0.2) is 0 Å². The second-order valence-electron chi connectivity index (χ2n) is 5.59. The van der Waals surface area contributed by atoms with Crippen molar-refractivity contribution in [1.29, 1.82) is 0 Å². The van der Waals surface area contributed by atoms with Crippen LogP contribution in [-0.4, -0.2) is 111 Å². The van der Waals surface area contributed by atoms with Crippen LogP contribution in [0.4, 0.5) is 0 Å². The highest BCUT2D eigenvalue weighted by Crippen LogP contribution is 2.22. The Morgan fingerprint density at radius 1 is 0.957 bits per heavy atom. The highest BCUT2D eigenvalue weighted by molar-refractivity contribution is 4.89. The number of hydrogen-bond donors (Lipinski definition) is 7. The third-order valence-electron chi connectivity index (χ3n) is 3.67. The Morgan fingerprint density at radius 3 is 2.09 bits per heavy atom. The van der Waals surface area contributed by atoms with Crippen LogP contribution >= 0.6 is 0 Å². The van der Waals surface area contributed by atoms with Crippen LogP contribution in [0.25, 0.3) is 0 Å². The van der Waals surface area contributed by atoms with E-state index in [9.17, 15) is 30.6 Å². The van der Waals surface area contributed by atoms with E-state index >= 15 is 0 Å². The van der Waals surface area contributed by atoms with Crippen LogP contribution in [0.1, 0.15) is 6.92 Å². The topological polar surface area (TPSA) is 169 Å². The van der Waals surface area contributed by atoms with Crippen molar-refractivity contribution >= 4 is 0 Å². The van der Waals surface area contributed by atoms with E-state index in [1.54, 1.807) is 0 Å². The van der Waals surface area contributed by atoms with Crippen LogP contribution in [0.5, 0.6) is 0 Å². The fraction of sp³-hybridized carbons (Fsp3) is 1.00. The van der Waals surface area contributed by atoms with Gasteiger partial charge in [-0.2, -0.15) is 0 Å². The third-order valence-corrected chi connectivity index (χ3v) is 3.67. The summed E-state index contributed by atoms with van der Waals surface area (Å²) in [6.07, 6.45) is -12.9. The SMILES string of the molecule is COCC1O[C@H](OCC(O)[C@@H](O)C(O)[C@@H](C)O)C(O)C(O)[C@@H]1O. The van der Waals surface area contributed by atoms with Crippen LogP contribution in [0.2, 0.25) is 0 Å². The Labute approximate surface area is 133 Å². The van der Waals surface area contributed by atoms with Crippen LogP contribution in [-0.2, 0) is 14.2 Å². The number of aliphatic hydroxyl groups excluding tert-OH is 7. The molecule has 23 heavy (non-hydrogen) atoms. The maximum absolute atomic E-state index is 9.81. The average Bonchev–Trinajstić information content (AvgIpc) is 2.52. The molecule has 9 atom stereocenters. The highest BCUT2D eigenvalue weighted by atomic mass is 16.7. The summed E-state index contributed by atoms with van der Waals surface area (Å²) in [7, 11) is 1.36. The molecular weight excluding hydrogens is 316 g/mol. The van der Waals surface area contributed by atoms with Gasteiger partial charge in [0.1, 0.15) is 42.7 Å². The summed E-state index contributed by atoms with van der Waals surface area (Å²) in [5.41, 5.74) is 0. The molecule has 1 fully saturated rings. The normalized spacial score (nSPS) is 37.2. The first-order valence-electron chi connectivity index (χ1n) is 7.23. The summed E-state index contributed by atoms with van der Waals surface area (Å²) in [4.78, 5) is 0. The van der Waals surface area contributed by atoms with Gasteiger partial charge < -0.3 is 50.0 Å². The molecule has 0 aliphatic carbocycles. The van der Waals surface area contributed by atoms with Gasteiger partial charge >= 0.3 is 0 Å². The molecule has 7 N–H and O–H groups in total. The van der Waals surface area contributed by atoms with E-state index in [0.717, 1.165) is 0 Å². The van der Waals surface area contributed by atoms with Gasteiger partial charge in [0.2, 0.25) is 0 Å². The molecule has 10 heteroatoms. The van der Waals surface area contributed by atoms with E-state index in [0.29, 0.717) is 0 Å². The summed E-state index contributed by atoms with van der Waals surface area (Å²) < 4.78 is 15.2. The predicted octanol–water partition coefficient (Wildman–Crippen LogP) is -4.08. The number of hydrogen-bond acceptors (Lipinski definition) is 10. The van der Waals surface area contributed by atoms with Crippen molar-refractivity contribution < 1.29 is 50.0 Å². The lowest BCUT2D eigenvalue weighted by Crippen LogP contribution is -2.59. The number of aliphatic hydroxyl groups is 7. The van der Waals surface area contributed by atoms with Gasteiger partial charge in [0, 0.05) is 7.11 Å². The van der Waals surface area contributed by atoms with E-state index in [1.807, 2.05) is 0 Å². The van der Waals surface area contributed by atoms with Crippen LogP contribution in [0, 0.1) is 0 Å². The molecule has 0 aromatic heterocycles. The summed E-state index contributed by atoms with van der Waals surface area (Å²) in [5, 5.41) is 67.3.